The number of rotatable bonds is 10. The van der Waals surface area contributed by atoms with E-state index < -0.39 is 5.97 Å². The molecule has 0 unspecified atom stereocenters. The second-order valence-corrected chi connectivity index (χ2v) is 5.63. The molecule has 5 heteroatoms. The van der Waals surface area contributed by atoms with Crippen LogP contribution in [0.4, 0.5) is 5.69 Å². The van der Waals surface area contributed by atoms with Crippen molar-refractivity contribution in [1.29, 1.82) is 5.26 Å². The topological polar surface area (TPSA) is 81.4 Å². The van der Waals surface area contributed by atoms with Gasteiger partial charge < -0.3 is 10.0 Å². The van der Waals surface area contributed by atoms with Crippen LogP contribution in [0, 0.1) is 11.3 Å². The van der Waals surface area contributed by atoms with Crippen molar-refractivity contribution in [1.82, 2.24) is 0 Å². The molecule has 0 spiro atoms. The summed E-state index contributed by atoms with van der Waals surface area (Å²) in [4.78, 5) is 24.1. The molecule has 0 aliphatic rings. The van der Waals surface area contributed by atoms with E-state index >= 15 is 0 Å². The third-order valence-electron chi connectivity index (χ3n) is 3.79. The van der Waals surface area contributed by atoms with E-state index in [0.717, 1.165) is 44.2 Å². The Labute approximate surface area is 137 Å². The Morgan fingerprint density at radius 2 is 1.52 bits per heavy atom. The van der Waals surface area contributed by atoms with Crippen LogP contribution < -0.4 is 4.90 Å². The van der Waals surface area contributed by atoms with E-state index in [1.807, 2.05) is 0 Å². The summed E-state index contributed by atoms with van der Waals surface area (Å²) in [7, 11) is 1.75. The van der Waals surface area contributed by atoms with Gasteiger partial charge in [-0.05, 0) is 37.1 Å². The van der Waals surface area contributed by atoms with E-state index in [9.17, 15) is 9.59 Å². The van der Waals surface area contributed by atoms with E-state index in [-0.39, 0.29) is 12.3 Å². The Kier molecular flexibility index (Phi) is 8.45. The molecule has 0 heterocycles. The van der Waals surface area contributed by atoms with Gasteiger partial charge in [-0.3, -0.25) is 9.59 Å². The van der Waals surface area contributed by atoms with Gasteiger partial charge in [0.1, 0.15) is 0 Å². The van der Waals surface area contributed by atoms with Crippen LogP contribution in [-0.4, -0.2) is 24.0 Å². The number of carbonyl (C=O) groups excluding carboxylic acids is 1. The largest absolute Gasteiger partial charge is 0.481 e. The fraction of sp³-hybridized carbons (Fsp3) is 0.500. The molecule has 0 aliphatic heterocycles. The lowest BCUT2D eigenvalue weighted by Crippen LogP contribution is -2.25. The highest BCUT2D eigenvalue weighted by Gasteiger charge is 2.10. The summed E-state index contributed by atoms with van der Waals surface area (Å²) in [6, 6.07) is 9.02. The molecule has 0 bridgehead atoms. The first kappa shape index (κ1) is 18.7. The van der Waals surface area contributed by atoms with Gasteiger partial charge in [0.05, 0.1) is 11.6 Å². The Bertz CT molecular complexity index is 546. The summed E-state index contributed by atoms with van der Waals surface area (Å²) in [5.74, 6) is -0.665. The molecule has 0 aliphatic carbocycles. The number of carboxylic acids is 1. The molecule has 0 saturated heterocycles. The highest BCUT2D eigenvalue weighted by atomic mass is 16.4. The molecule has 1 N–H and O–H groups in total. The van der Waals surface area contributed by atoms with Crippen LogP contribution in [0.25, 0.3) is 0 Å². The van der Waals surface area contributed by atoms with Crippen molar-refractivity contribution in [3.8, 4) is 6.07 Å². The molecule has 0 atom stereocenters. The first-order valence-electron chi connectivity index (χ1n) is 8.03. The molecule has 0 fully saturated rings. The summed E-state index contributed by atoms with van der Waals surface area (Å²) in [5.41, 5.74) is 1.38. The highest BCUT2D eigenvalue weighted by Crippen LogP contribution is 2.16. The summed E-state index contributed by atoms with van der Waals surface area (Å²) in [6.07, 6.45) is 6.30. The van der Waals surface area contributed by atoms with E-state index in [1.165, 1.54) is 0 Å². The van der Waals surface area contributed by atoms with Gasteiger partial charge in [-0.1, -0.05) is 25.7 Å². The number of aliphatic carboxylic acids is 1. The second-order valence-electron chi connectivity index (χ2n) is 5.63. The smallest absolute Gasteiger partial charge is 0.303 e. The summed E-state index contributed by atoms with van der Waals surface area (Å²) in [5, 5.41) is 17.3. The first-order valence-corrected chi connectivity index (χ1v) is 8.03. The average Bonchev–Trinajstić information content (AvgIpc) is 2.56. The predicted molar refractivity (Wildman–Crippen MR) is 89.1 cm³/mol. The lowest BCUT2D eigenvalue weighted by Gasteiger charge is -2.17. The maximum Gasteiger partial charge on any atom is 0.303 e. The van der Waals surface area contributed by atoms with Crippen LogP contribution in [0.1, 0.15) is 56.9 Å². The van der Waals surface area contributed by atoms with Gasteiger partial charge in [0.2, 0.25) is 5.91 Å². The third-order valence-corrected chi connectivity index (χ3v) is 3.79. The van der Waals surface area contributed by atoms with Gasteiger partial charge in [0.25, 0.3) is 0 Å². The monoisotopic (exact) mass is 316 g/mol. The van der Waals surface area contributed by atoms with Crippen molar-refractivity contribution in [3.63, 3.8) is 0 Å². The zero-order valence-corrected chi connectivity index (χ0v) is 13.6. The first-order chi connectivity index (χ1) is 11.0. The number of unbranched alkanes of at least 4 members (excludes halogenated alkanes) is 5. The normalized spacial score (nSPS) is 10.1. The Morgan fingerprint density at radius 1 is 1.00 bits per heavy atom. The van der Waals surface area contributed by atoms with Crippen molar-refractivity contribution < 1.29 is 14.7 Å². The standard InChI is InChI=1S/C18H24N2O3/c1-20(16-12-10-15(14-19)11-13-16)17(21)8-6-4-2-3-5-7-9-18(22)23/h10-13H,2-9H2,1H3,(H,22,23). The molecule has 0 radical (unpaired) electrons. The average molecular weight is 316 g/mol. The number of nitriles is 1. The van der Waals surface area contributed by atoms with E-state index in [2.05, 4.69) is 6.07 Å². The summed E-state index contributed by atoms with van der Waals surface area (Å²) in [6.45, 7) is 0. The van der Waals surface area contributed by atoms with Crippen molar-refractivity contribution in [2.45, 2.75) is 51.4 Å². The number of hydrogen-bond acceptors (Lipinski definition) is 3. The molecule has 0 saturated carbocycles. The van der Waals surface area contributed by atoms with Crippen LogP contribution in [0.15, 0.2) is 24.3 Å². The van der Waals surface area contributed by atoms with E-state index in [0.29, 0.717) is 12.0 Å². The van der Waals surface area contributed by atoms with Crippen LogP contribution in [-0.2, 0) is 9.59 Å². The van der Waals surface area contributed by atoms with Crippen LogP contribution >= 0.6 is 0 Å². The van der Waals surface area contributed by atoms with E-state index in [1.54, 1.807) is 36.2 Å². The Morgan fingerprint density at radius 3 is 2.04 bits per heavy atom. The van der Waals surface area contributed by atoms with Gasteiger partial charge in [-0.15, -0.1) is 0 Å². The fourth-order valence-electron chi connectivity index (χ4n) is 2.33. The fourth-order valence-corrected chi connectivity index (χ4v) is 2.33. The van der Waals surface area contributed by atoms with Gasteiger partial charge in [-0.2, -0.15) is 5.26 Å². The SMILES string of the molecule is CN(C(=O)CCCCCCCCC(=O)O)c1ccc(C#N)cc1. The van der Waals surface area contributed by atoms with Crippen LogP contribution in [0.2, 0.25) is 0 Å². The van der Waals surface area contributed by atoms with Gasteiger partial charge in [0.15, 0.2) is 0 Å². The summed E-state index contributed by atoms with van der Waals surface area (Å²) < 4.78 is 0. The number of carboxylic acid groups (broad SMARTS) is 1. The maximum atomic E-state index is 12.1. The van der Waals surface area contributed by atoms with E-state index in [4.69, 9.17) is 10.4 Å². The van der Waals surface area contributed by atoms with Crippen molar-refractivity contribution >= 4 is 17.6 Å². The van der Waals surface area contributed by atoms with Crippen molar-refractivity contribution in [2.75, 3.05) is 11.9 Å². The minimum atomic E-state index is -0.735. The predicted octanol–water partition coefficient (Wildman–Crippen LogP) is 3.73. The quantitative estimate of drug-likeness (QED) is 0.667. The number of amides is 1. The lowest BCUT2D eigenvalue weighted by molar-refractivity contribution is -0.137. The molecular formula is C18H24N2O3. The number of anilines is 1. The second kappa shape index (κ2) is 10.4. The molecule has 0 aromatic heterocycles. The molecule has 124 valence electrons. The zero-order valence-electron chi connectivity index (χ0n) is 13.6. The lowest BCUT2D eigenvalue weighted by atomic mass is 10.1. The van der Waals surface area contributed by atoms with Crippen molar-refractivity contribution in [3.05, 3.63) is 29.8 Å². The number of nitrogens with zero attached hydrogens (tertiary/aromatic N) is 2. The number of hydrogen-bond donors (Lipinski definition) is 1. The van der Waals surface area contributed by atoms with Gasteiger partial charge in [-0.25, -0.2) is 0 Å². The number of benzene rings is 1. The molecule has 1 aromatic rings. The van der Waals surface area contributed by atoms with Crippen LogP contribution in [0.5, 0.6) is 0 Å². The molecule has 1 rings (SSSR count). The minimum Gasteiger partial charge on any atom is -0.481 e. The Hall–Kier alpha value is -2.35. The molecule has 23 heavy (non-hydrogen) atoms. The molecule has 5 nitrogen and oxygen atoms in total. The zero-order chi connectivity index (χ0) is 17.1. The minimum absolute atomic E-state index is 0.0700. The Balaban J connectivity index is 2.18. The van der Waals surface area contributed by atoms with Gasteiger partial charge in [0, 0.05) is 25.6 Å². The molecular weight excluding hydrogens is 292 g/mol. The maximum absolute atomic E-state index is 12.1. The van der Waals surface area contributed by atoms with Crippen LogP contribution in [0.3, 0.4) is 0 Å². The molecule has 1 amide bonds. The highest BCUT2D eigenvalue weighted by molar-refractivity contribution is 5.92. The number of carbonyl (C=O) groups is 2. The summed E-state index contributed by atoms with van der Waals surface area (Å²) >= 11 is 0. The van der Waals surface area contributed by atoms with Crippen molar-refractivity contribution in [2.24, 2.45) is 0 Å². The molecule has 1 aromatic carbocycles. The van der Waals surface area contributed by atoms with Gasteiger partial charge >= 0.3 is 5.97 Å². The third kappa shape index (κ3) is 7.46.